The van der Waals surface area contributed by atoms with E-state index >= 15 is 0 Å². The molecule has 10 heavy (non-hydrogen) atoms. The molecule has 2 fully saturated rings. The van der Waals surface area contributed by atoms with E-state index in [1.807, 2.05) is 0 Å². The third-order valence-corrected chi connectivity index (χ3v) is 2.20. The van der Waals surface area contributed by atoms with Crippen molar-refractivity contribution in [2.75, 3.05) is 13.7 Å². The second kappa shape index (κ2) is 2.49. The molecule has 0 spiro atoms. The maximum absolute atomic E-state index is 5.39. The van der Waals surface area contributed by atoms with E-state index in [-0.39, 0.29) is 12.6 Å². The Morgan fingerprint density at radius 2 is 2.40 bits per heavy atom. The summed E-state index contributed by atoms with van der Waals surface area (Å²) in [6.45, 7) is 0.853. The highest BCUT2D eigenvalue weighted by molar-refractivity contribution is 4.76. The molecule has 2 rings (SSSR count). The lowest BCUT2D eigenvalue weighted by Gasteiger charge is -2.09. The van der Waals surface area contributed by atoms with Gasteiger partial charge in [-0.2, -0.15) is 0 Å². The van der Waals surface area contributed by atoms with Gasteiger partial charge in [0.1, 0.15) is 0 Å². The highest BCUT2D eigenvalue weighted by Gasteiger charge is 2.39. The van der Waals surface area contributed by atoms with Gasteiger partial charge in [-0.15, -0.1) is 0 Å². The summed E-state index contributed by atoms with van der Waals surface area (Å²) in [5.74, 6) is 0.588. The Bertz CT molecular complexity index is 114. The van der Waals surface area contributed by atoms with Crippen molar-refractivity contribution >= 4 is 0 Å². The summed E-state index contributed by atoms with van der Waals surface area (Å²) < 4.78 is 15.7. The first-order valence-electron chi connectivity index (χ1n) is 3.70. The number of hydrogen-bond donors (Lipinski definition) is 0. The average Bonchev–Trinajstić information content (AvgIpc) is 2.42. The van der Waals surface area contributed by atoms with E-state index in [4.69, 9.17) is 14.2 Å². The van der Waals surface area contributed by atoms with Crippen LogP contribution in [0.2, 0.25) is 0 Å². The molecule has 2 aliphatic rings. The minimum Gasteiger partial charge on any atom is -0.356 e. The fraction of sp³-hybridized carbons (Fsp3) is 1.00. The summed E-state index contributed by atoms with van der Waals surface area (Å²) in [6, 6.07) is 0. The maximum atomic E-state index is 5.39. The van der Waals surface area contributed by atoms with E-state index in [0.717, 1.165) is 19.4 Å². The molecule has 1 unspecified atom stereocenters. The molecule has 0 aliphatic carbocycles. The number of rotatable bonds is 1. The van der Waals surface area contributed by atoms with Crippen molar-refractivity contribution in [1.29, 1.82) is 0 Å². The summed E-state index contributed by atoms with van der Waals surface area (Å²) in [6.07, 6.45) is 2.14. The third-order valence-electron chi connectivity index (χ3n) is 2.20. The van der Waals surface area contributed by atoms with Crippen molar-refractivity contribution in [3.8, 4) is 0 Å². The van der Waals surface area contributed by atoms with Gasteiger partial charge in [-0.3, -0.25) is 0 Å². The van der Waals surface area contributed by atoms with Crippen molar-refractivity contribution in [2.45, 2.75) is 25.4 Å². The molecule has 0 radical (unpaired) electrons. The monoisotopic (exact) mass is 144 g/mol. The predicted molar refractivity (Wildman–Crippen MR) is 34.3 cm³/mol. The summed E-state index contributed by atoms with van der Waals surface area (Å²) in [7, 11) is 1.67. The molecular formula is C7H12O3. The molecule has 0 saturated carbocycles. The van der Waals surface area contributed by atoms with Crippen LogP contribution in [-0.2, 0) is 14.2 Å². The Labute approximate surface area is 60.3 Å². The van der Waals surface area contributed by atoms with E-state index < -0.39 is 0 Å². The summed E-state index contributed by atoms with van der Waals surface area (Å²) in [4.78, 5) is 0. The largest absolute Gasteiger partial charge is 0.356 e. The van der Waals surface area contributed by atoms with E-state index in [2.05, 4.69) is 0 Å². The van der Waals surface area contributed by atoms with Gasteiger partial charge in [0.25, 0.3) is 0 Å². The molecule has 3 atom stereocenters. The molecule has 2 saturated heterocycles. The van der Waals surface area contributed by atoms with Crippen LogP contribution in [0.4, 0.5) is 0 Å². The first-order chi connectivity index (χ1) is 4.90. The standard InChI is InChI=1S/C7H12O3/c1-8-6-4-5-2-3-9-7(5)10-6/h5-7H,2-4H2,1H3/t5-,6?,7+/m0/s1. The summed E-state index contributed by atoms with van der Waals surface area (Å²) >= 11 is 0. The summed E-state index contributed by atoms with van der Waals surface area (Å²) in [5, 5.41) is 0. The Morgan fingerprint density at radius 1 is 1.50 bits per heavy atom. The Morgan fingerprint density at radius 3 is 3.10 bits per heavy atom. The second-order valence-corrected chi connectivity index (χ2v) is 2.82. The fourth-order valence-corrected chi connectivity index (χ4v) is 1.59. The molecule has 2 aliphatic heterocycles. The van der Waals surface area contributed by atoms with E-state index in [0.29, 0.717) is 5.92 Å². The quantitative estimate of drug-likeness (QED) is 0.543. The molecule has 0 aromatic carbocycles. The summed E-state index contributed by atoms with van der Waals surface area (Å²) in [5.41, 5.74) is 0. The number of methoxy groups -OCH3 is 1. The van der Waals surface area contributed by atoms with Crippen molar-refractivity contribution in [3.63, 3.8) is 0 Å². The maximum Gasteiger partial charge on any atom is 0.163 e. The molecule has 3 nitrogen and oxygen atoms in total. The lowest BCUT2D eigenvalue weighted by atomic mass is 10.1. The van der Waals surface area contributed by atoms with Crippen molar-refractivity contribution in [2.24, 2.45) is 5.92 Å². The number of ether oxygens (including phenoxy) is 3. The molecular weight excluding hydrogens is 132 g/mol. The highest BCUT2D eigenvalue weighted by Crippen LogP contribution is 2.34. The van der Waals surface area contributed by atoms with Crippen LogP contribution in [0.5, 0.6) is 0 Å². The van der Waals surface area contributed by atoms with Gasteiger partial charge >= 0.3 is 0 Å². The Balaban J connectivity index is 1.94. The van der Waals surface area contributed by atoms with Crippen LogP contribution in [0, 0.1) is 5.92 Å². The van der Waals surface area contributed by atoms with Gasteiger partial charge in [0.05, 0.1) is 6.61 Å². The molecule has 0 amide bonds. The molecule has 0 N–H and O–H groups in total. The van der Waals surface area contributed by atoms with Gasteiger partial charge in [0.15, 0.2) is 12.6 Å². The Kier molecular flexibility index (Phi) is 1.64. The van der Waals surface area contributed by atoms with Crippen LogP contribution >= 0.6 is 0 Å². The van der Waals surface area contributed by atoms with Gasteiger partial charge in [-0.1, -0.05) is 0 Å². The third kappa shape index (κ3) is 0.944. The molecule has 3 heteroatoms. The SMILES string of the molecule is COC1C[C@@H]2CCO[C@@H]2O1. The molecule has 0 aromatic heterocycles. The average molecular weight is 144 g/mol. The minimum atomic E-state index is -0.0182. The van der Waals surface area contributed by atoms with Gasteiger partial charge in [-0.05, 0) is 6.42 Å². The molecule has 2 heterocycles. The van der Waals surface area contributed by atoms with Crippen LogP contribution in [0.3, 0.4) is 0 Å². The minimum absolute atomic E-state index is 0.0182. The fourth-order valence-electron chi connectivity index (χ4n) is 1.59. The smallest absolute Gasteiger partial charge is 0.163 e. The normalized spacial score (nSPS) is 45.9. The highest BCUT2D eigenvalue weighted by atomic mass is 16.8. The van der Waals surface area contributed by atoms with Crippen molar-refractivity contribution < 1.29 is 14.2 Å². The van der Waals surface area contributed by atoms with Crippen LogP contribution in [0.25, 0.3) is 0 Å². The van der Waals surface area contributed by atoms with Crippen LogP contribution in [0.1, 0.15) is 12.8 Å². The topological polar surface area (TPSA) is 27.7 Å². The lowest BCUT2D eigenvalue weighted by Crippen LogP contribution is -2.13. The second-order valence-electron chi connectivity index (χ2n) is 2.82. The Hall–Kier alpha value is -0.120. The lowest BCUT2D eigenvalue weighted by molar-refractivity contribution is -0.187. The van der Waals surface area contributed by atoms with Crippen LogP contribution < -0.4 is 0 Å². The van der Waals surface area contributed by atoms with Crippen LogP contribution in [0.15, 0.2) is 0 Å². The number of fused-ring (bicyclic) bond motifs is 1. The van der Waals surface area contributed by atoms with E-state index in [1.165, 1.54) is 0 Å². The van der Waals surface area contributed by atoms with Gasteiger partial charge in [0, 0.05) is 19.4 Å². The zero-order valence-electron chi connectivity index (χ0n) is 6.08. The molecule has 0 bridgehead atoms. The zero-order valence-corrected chi connectivity index (χ0v) is 6.08. The van der Waals surface area contributed by atoms with Gasteiger partial charge in [0.2, 0.25) is 0 Å². The van der Waals surface area contributed by atoms with Gasteiger partial charge in [-0.25, -0.2) is 0 Å². The van der Waals surface area contributed by atoms with E-state index in [9.17, 15) is 0 Å². The molecule has 58 valence electrons. The first-order valence-corrected chi connectivity index (χ1v) is 3.70. The molecule has 0 aromatic rings. The predicted octanol–water partition coefficient (Wildman–Crippen LogP) is 0.742. The van der Waals surface area contributed by atoms with Gasteiger partial charge < -0.3 is 14.2 Å². The zero-order chi connectivity index (χ0) is 6.97. The number of hydrogen-bond acceptors (Lipinski definition) is 3. The van der Waals surface area contributed by atoms with Crippen LogP contribution in [-0.4, -0.2) is 26.3 Å². The first kappa shape index (κ1) is 6.58. The van der Waals surface area contributed by atoms with E-state index in [1.54, 1.807) is 7.11 Å². The van der Waals surface area contributed by atoms with Crippen molar-refractivity contribution in [3.05, 3.63) is 0 Å². The van der Waals surface area contributed by atoms with Crippen molar-refractivity contribution in [1.82, 2.24) is 0 Å².